The molecule has 0 aliphatic carbocycles. The van der Waals surface area contributed by atoms with E-state index in [-0.39, 0.29) is 15.9 Å². The van der Waals surface area contributed by atoms with Gasteiger partial charge in [-0.2, -0.15) is 4.31 Å². The van der Waals surface area contributed by atoms with Crippen LogP contribution in [0.4, 0.5) is 4.39 Å². The highest BCUT2D eigenvalue weighted by molar-refractivity contribution is 9.10. The van der Waals surface area contributed by atoms with Gasteiger partial charge in [0.2, 0.25) is 10.0 Å². The maximum atomic E-state index is 12.8. The Morgan fingerprint density at radius 3 is 2.69 bits per heavy atom. The van der Waals surface area contributed by atoms with Crippen LogP contribution in [0, 0.1) is 5.82 Å². The van der Waals surface area contributed by atoms with Crippen LogP contribution in [0.15, 0.2) is 40.2 Å². The topological polar surface area (TPSA) is 37.4 Å². The minimum Gasteiger partial charge on any atom is -0.207 e. The summed E-state index contributed by atoms with van der Waals surface area (Å²) >= 11 is 3.03. The molecule has 0 aliphatic rings. The van der Waals surface area contributed by atoms with Crippen LogP contribution in [0.3, 0.4) is 0 Å². The standard InChI is InChI=1S/C10H11BrFNO2S/c1-3-6-13(2)16(14,15)10-5-4-8(12)7-9(10)11/h3-5,7H,1,6H2,2H3. The van der Waals surface area contributed by atoms with Crippen LogP contribution in [-0.2, 0) is 10.0 Å². The minimum absolute atomic E-state index is 0.0400. The predicted molar refractivity (Wildman–Crippen MR) is 64.1 cm³/mol. The zero-order valence-electron chi connectivity index (χ0n) is 8.65. The average molecular weight is 308 g/mol. The molecule has 16 heavy (non-hydrogen) atoms. The third-order valence-electron chi connectivity index (χ3n) is 1.97. The SMILES string of the molecule is C=CCN(C)S(=O)(=O)c1ccc(F)cc1Br. The summed E-state index contributed by atoms with van der Waals surface area (Å²) < 4.78 is 38.1. The van der Waals surface area contributed by atoms with Crippen LogP contribution in [0.25, 0.3) is 0 Å². The lowest BCUT2D eigenvalue weighted by Crippen LogP contribution is -2.27. The summed E-state index contributed by atoms with van der Waals surface area (Å²) in [5.74, 6) is -0.489. The van der Waals surface area contributed by atoms with Gasteiger partial charge in [-0.1, -0.05) is 6.08 Å². The first-order chi connectivity index (χ1) is 7.39. The maximum Gasteiger partial charge on any atom is 0.244 e. The Balaban J connectivity index is 3.22. The molecule has 0 aromatic heterocycles. The number of rotatable bonds is 4. The van der Waals surface area contributed by atoms with Crippen LogP contribution in [-0.4, -0.2) is 26.3 Å². The van der Waals surface area contributed by atoms with E-state index in [2.05, 4.69) is 22.5 Å². The highest BCUT2D eigenvalue weighted by atomic mass is 79.9. The molecule has 0 bridgehead atoms. The van der Waals surface area contributed by atoms with Gasteiger partial charge in [-0.15, -0.1) is 6.58 Å². The lowest BCUT2D eigenvalue weighted by Gasteiger charge is -2.16. The zero-order valence-corrected chi connectivity index (χ0v) is 11.1. The van der Waals surface area contributed by atoms with Gasteiger partial charge >= 0.3 is 0 Å². The van der Waals surface area contributed by atoms with Crippen LogP contribution < -0.4 is 0 Å². The normalized spacial score (nSPS) is 11.8. The van der Waals surface area contributed by atoms with Gasteiger partial charge in [0.15, 0.2) is 0 Å². The second-order valence-electron chi connectivity index (χ2n) is 3.15. The van der Waals surface area contributed by atoms with E-state index in [4.69, 9.17) is 0 Å². The van der Waals surface area contributed by atoms with Gasteiger partial charge in [-0.25, -0.2) is 12.8 Å². The van der Waals surface area contributed by atoms with Crippen molar-refractivity contribution in [3.8, 4) is 0 Å². The molecule has 0 fully saturated rings. The van der Waals surface area contributed by atoms with E-state index < -0.39 is 15.8 Å². The van der Waals surface area contributed by atoms with E-state index in [0.717, 1.165) is 16.4 Å². The maximum absolute atomic E-state index is 12.8. The molecule has 0 saturated carbocycles. The fraction of sp³-hybridized carbons (Fsp3) is 0.200. The van der Waals surface area contributed by atoms with Crippen LogP contribution >= 0.6 is 15.9 Å². The quantitative estimate of drug-likeness (QED) is 0.801. The Kier molecular flexibility index (Phi) is 4.23. The highest BCUT2D eigenvalue weighted by Crippen LogP contribution is 2.25. The highest BCUT2D eigenvalue weighted by Gasteiger charge is 2.22. The molecule has 0 heterocycles. The van der Waals surface area contributed by atoms with Crippen LogP contribution in [0.5, 0.6) is 0 Å². The van der Waals surface area contributed by atoms with E-state index in [9.17, 15) is 12.8 Å². The van der Waals surface area contributed by atoms with Crippen molar-refractivity contribution in [2.45, 2.75) is 4.90 Å². The smallest absolute Gasteiger partial charge is 0.207 e. The summed E-state index contributed by atoms with van der Waals surface area (Å²) in [6, 6.07) is 3.46. The number of halogens is 2. The Bertz CT molecular complexity index is 502. The molecular formula is C10H11BrFNO2S. The Labute approximate surface area is 103 Å². The van der Waals surface area contributed by atoms with E-state index in [1.165, 1.54) is 19.2 Å². The molecule has 0 unspecified atom stereocenters. The fourth-order valence-corrected chi connectivity index (χ4v) is 3.28. The summed E-state index contributed by atoms with van der Waals surface area (Å²) in [6.45, 7) is 3.67. The minimum atomic E-state index is -3.60. The molecule has 0 atom stereocenters. The first-order valence-corrected chi connectivity index (χ1v) is 6.65. The third-order valence-corrected chi connectivity index (χ3v) is 4.77. The Hall–Kier alpha value is -0.720. The third kappa shape index (κ3) is 2.69. The molecular weight excluding hydrogens is 297 g/mol. The number of hydrogen-bond donors (Lipinski definition) is 0. The summed E-state index contributed by atoms with van der Waals surface area (Å²) in [5.41, 5.74) is 0. The molecule has 0 radical (unpaired) electrons. The summed E-state index contributed by atoms with van der Waals surface area (Å²) in [6.07, 6.45) is 1.48. The molecule has 0 saturated heterocycles. The molecule has 0 N–H and O–H groups in total. The monoisotopic (exact) mass is 307 g/mol. The summed E-state index contributed by atoms with van der Waals surface area (Å²) in [5, 5.41) is 0. The van der Waals surface area contributed by atoms with Gasteiger partial charge in [0.1, 0.15) is 5.82 Å². The Morgan fingerprint density at radius 2 is 2.19 bits per heavy atom. The van der Waals surface area contributed by atoms with Crippen molar-refractivity contribution < 1.29 is 12.8 Å². The first kappa shape index (κ1) is 13.3. The fourth-order valence-electron chi connectivity index (χ4n) is 1.13. The van der Waals surface area contributed by atoms with E-state index in [1.54, 1.807) is 0 Å². The van der Waals surface area contributed by atoms with Crippen molar-refractivity contribution in [2.75, 3.05) is 13.6 Å². The summed E-state index contributed by atoms with van der Waals surface area (Å²) in [7, 11) is -2.16. The lowest BCUT2D eigenvalue weighted by molar-refractivity contribution is 0.498. The van der Waals surface area contributed by atoms with Crippen molar-refractivity contribution in [3.05, 3.63) is 41.1 Å². The van der Waals surface area contributed by atoms with Gasteiger partial charge in [-0.3, -0.25) is 0 Å². The lowest BCUT2D eigenvalue weighted by atomic mass is 10.3. The van der Waals surface area contributed by atoms with E-state index in [0.29, 0.717) is 0 Å². The molecule has 0 aliphatic heterocycles. The van der Waals surface area contributed by atoms with Crippen molar-refractivity contribution in [1.29, 1.82) is 0 Å². The molecule has 88 valence electrons. The number of hydrogen-bond acceptors (Lipinski definition) is 2. The molecule has 0 amide bonds. The average Bonchev–Trinajstić information content (AvgIpc) is 2.17. The van der Waals surface area contributed by atoms with Gasteiger partial charge in [0.05, 0.1) is 4.90 Å². The number of benzene rings is 1. The predicted octanol–water partition coefficient (Wildman–Crippen LogP) is 2.39. The first-order valence-electron chi connectivity index (χ1n) is 4.42. The van der Waals surface area contributed by atoms with Crippen molar-refractivity contribution in [3.63, 3.8) is 0 Å². The second-order valence-corrected chi connectivity index (χ2v) is 6.02. The van der Waals surface area contributed by atoms with Gasteiger partial charge < -0.3 is 0 Å². The molecule has 1 aromatic carbocycles. The van der Waals surface area contributed by atoms with Gasteiger partial charge in [0.25, 0.3) is 0 Å². The molecule has 1 rings (SSSR count). The molecule has 0 spiro atoms. The van der Waals surface area contributed by atoms with Crippen LogP contribution in [0.2, 0.25) is 0 Å². The van der Waals surface area contributed by atoms with E-state index >= 15 is 0 Å². The van der Waals surface area contributed by atoms with Crippen molar-refractivity contribution in [1.82, 2.24) is 4.31 Å². The number of sulfonamides is 1. The zero-order chi connectivity index (χ0) is 12.3. The van der Waals surface area contributed by atoms with Gasteiger partial charge in [-0.05, 0) is 34.1 Å². The molecule has 1 aromatic rings. The van der Waals surface area contributed by atoms with Crippen molar-refractivity contribution in [2.24, 2.45) is 0 Å². The molecule has 6 heteroatoms. The van der Waals surface area contributed by atoms with E-state index in [1.807, 2.05) is 0 Å². The second kappa shape index (κ2) is 5.07. The van der Waals surface area contributed by atoms with Gasteiger partial charge in [0, 0.05) is 18.1 Å². The van der Waals surface area contributed by atoms with Crippen molar-refractivity contribution >= 4 is 26.0 Å². The summed E-state index contributed by atoms with van der Waals surface area (Å²) in [4.78, 5) is 0.0400. The number of nitrogens with zero attached hydrogens (tertiary/aromatic N) is 1. The molecule has 3 nitrogen and oxygen atoms in total. The Morgan fingerprint density at radius 1 is 1.56 bits per heavy atom. The largest absolute Gasteiger partial charge is 0.244 e. The van der Waals surface area contributed by atoms with Crippen LogP contribution in [0.1, 0.15) is 0 Å². The number of likely N-dealkylation sites (N-methyl/N-ethyl adjacent to an activating group) is 1.